The Morgan fingerprint density at radius 3 is 2.68 bits per heavy atom. The van der Waals surface area contributed by atoms with Crippen molar-refractivity contribution < 1.29 is 4.79 Å². The van der Waals surface area contributed by atoms with Gasteiger partial charge >= 0.3 is 0 Å². The minimum absolute atomic E-state index is 0.0192. The molecule has 0 saturated carbocycles. The number of anilines is 4. The number of nitrogens with zero attached hydrogens (tertiary/aromatic N) is 2. The Labute approximate surface area is 154 Å². The Balaban J connectivity index is 1.79. The van der Waals surface area contributed by atoms with Crippen molar-refractivity contribution in [3.63, 3.8) is 0 Å². The summed E-state index contributed by atoms with van der Waals surface area (Å²) < 4.78 is 1.03. The molecule has 2 N–H and O–H groups in total. The van der Waals surface area contributed by atoms with E-state index in [1.807, 2.05) is 37.3 Å². The van der Waals surface area contributed by atoms with E-state index in [0.29, 0.717) is 17.3 Å². The van der Waals surface area contributed by atoms with Crippen LogP contribution < -0.4 is 10.6 Å². The highest BCUT2D eigenvalue weighted by Crippen LogP contribution is 2.23. The highest BCUT2D eigenvalue weighted by Gasteiger charge is 2.05. The zero-order chi connectivity index (χ0) is 17.8. The van der Waals surface area contributed by atoms with Crippen LogP contribution in [0.25, 0.3) is 0 Å². The summed E-state index contributed by atoms with van der Waals surface area (Å²) in [5, 5.41) is 6.42. The quantitative estimate of drug-likeness (QED) is 0.577. The summed E-state index contributed by atoms with van der Waals surface area (Å²) in [4.78, 5) is 20.2. The fourth-order valence-electron chi connectivity index (χ4n) is 2.34. The van der Waals surface area contributed by atoms with Crippen LogP contribution in [0.3, 0.4) is 0 Å². The average molecular weight is 397 g/mol. The first-order valence-electron chi connectivity index (χ1n) is 7.75. The zero-order valence-electron chi connectivity index (χ0n) is 13.9. The van der Waals surface area contributed by atoms with Gasteiger partial charge in [0, 0.05) is 27.6 Å². The van der Waals surface area contributed by atoms with E-state index in [4.69, 9.17) is 0 Å². The van der Waals surface area contributed by atoms with Gasteiger partial charge in [-0.1, -0.05) is 28.1 Å². The van der Waals surface area contributed by atoms with Crippen molar-refractivity contribution in [2.45, 2.75) is 13.8 Å². The number of hydrogen-bond donors (Lipinski definition) is 2. The number of aryl methyl sites for hydroxylation is 1. The third-order valence-electron chi connectivity index (χ3n) is 3.63. The number of aromatic nitrogens is 2. The second-order valence-electron chi connectivity index (χ2n) is 5.61. The number of benzene rings is 2. The molecule has 0 spiro atoms. The molecule has 0 radical (unpaired) electrons. The lowest BCUT2D eigenvalue weighted by Gasteiger charge is -2.11. The van der Waals surface area contributed by atoms with Gasteiger partial charge in [-0.3, -0.25) is 4.79 Å². The highest BCUT2D eigenvalue weighted by atomic mass is 79.9. The second kappa shape index (κ2) is 7.44. The molecular formula is C19H17BrN4O. The molecule has 0 aliphatic heterocycles. The van der Waals surface area contributed by atoms with E-state index in [9.17, 15) is 4.79 Å². The number of nitrogens with one attached hydrogen (secondary N) is 2. The maximum Gasteiger partial charge on any atom is 0.229 e. The normalized spacial score (nSPS) is 10.4. The first kappa shape index (κ1) is 17.1. The summed E-state index contributed by atoms with van der Waals surface area (Å²) in [5.74, 6) is 1.16. The van der Waals surface area contributed by atoms with Crippen LogP contribution in [0.15, 0.2) is 59.2 Å². The number of Topliss-reactive ketones (excluding diaryl/α,β-unsaturated/α-hetero) is 1. The first-order valence-corrected chi connectivity index (χ1v) is 8.55. The van der Waals surface area contributed by atoms with Crippen LogP contribution in [0.1, 0.15) is 22.8 Å². The largest absolute Gasteiger partial charge is 0.340 e. The molecule has 0 amide bonds. The maximum absolute atomic E-state index is 11.5. The van der Waals surface area contributed by atoms with Gasteiger partial charge in [-0.25, -0.2) is 4.98 Å². The van der Waals surface area contributed by atoms with Gasteiger partial charge in [0.15, 0.2) is 5.78 Å². The SMILES string of the molecule is CC(=O)c1cccc(Nc2nccc(Nc3ccc(Br)cc3C)n2)c1. The summed E-state index contributed by atoms with van der Waals surface area (Å²) in [6.07, 6.45) is 1.68. The van der Waals surface area contributed by atoms with Gasteiger partial charge in [0.2, 0.25) is 5.95 Å². The fraction of sp³-hybridized carbons (Fsp3) is 0.105. The van der Waals surface area contributed by atoms with Crippen molar-refractivity contribution in [1.82, 2.24) is 9.97 Å². The van der Waals surface area contributed by atoms with E-state index in [0.717, 1.165) is 21.4 Å². The molecule has 1 aromatic heterocycles. The summed E-state index contributed by atoms with van der Waals surface area (Å²) in [6.45, 7) is 3.57. The summed E-state index contributed by atoms with van der Waals surface area (Å²) >= 11 is 3.46. The monoisotopic (exact) mass is 396 g/mol. The molecule has 0 unspecified atom stereocenters. The van der Waals surface area contributed by atoms with Crippen LogP contribution in [-0.2, 0) is 0 Å². The van der Waals surface area contributed by atoms with Gasteiger partial charge in [0.25, 0.3) is 0 Å². The van der Waals surface area contributed by atoms with Crippen LogP contribution in [0, 0.1) is 6.92 Å². The van der Waals surface area contributed by atoms with Gasteiger partial charge < -0.3 is 10.6 Å². The van der Waals surface area contributed by atoms with Crippen molar-refractivity contribution in [2.75, 3.05) is 10.6 Å². The van der Waals surface area contributed by atoms with Gasteiger partial charge in [-0.05, 0) is 55.8 Å². The van der Waals surface area contributed by atoms with Crippen LogP contribution in [0.4, 0.5) is 23.1 Å². The molecule has 5 nitrogen and oxygen atoms in total. The first-order chi connectivity index (χ1) is 12.0. The topological polar surface area (TPSA) is 66.9 Å². The van der Waals surface area contributed by atoms with E-state index in [1.54, 1.807) is 31.3 Å². The van der Waals surface area contributed by atoms with Crippen molar-refractivity contribution in [1.29, 1.82) is 0 Å². The fourth-order valence-corrected chi connectivity index (χ4v) is 2.81. The number of hydrogen-bond acceptors (Lipinski definition) is 5. The Bertz CT molecular complexity index is 927. The molecule has 126 valence electrons. The van der Waals surface area contributed by atoms with E-state index >= 15 is 0 Å². The maximum atomic E-state index is 11.5. The average Bonchev–Trinajstić information content (AvgIpc) is 2.58. The van der Waals surface area contributed by atoms with E-state index in [1.165, 1.54) is 0 Å². The van der Waals surface area contributed by atoms with E-state index in [2.05, 4.69) is 36.5 Å². The van der Waals surface area contributed by atoms with Crippen molar-refractivity contribution in [2.24, 2.45) is 0 Å². The minimum Gasteiger partial charge on any atom is -0.340 e. The van der Waals surface area contributed by atoms with E-state index < -0.39 is 0 Å². The van der Waals surface area contributed by atoms with Crippen molar-refractivity contribution >= 4 is 44.9 Å². The smallest absolute Gasteiger partial charge is 0.229 e. The molecule has 2 aromatic carbocycles. The molecule has 0 aliphatic rings. The van der Waals surface area contributed by atoms with Crippen LogP contribution in [0.5, 0.6) is 0 Å². The molecule has 0 bridgehead atoms. The zero-order valence-corrected chi connectivity index (χ0v) is 15.5. The lowest BCUT2D eigenvalue weighted by molar-refractivity contribution is 0.101. The van der Waals surface area contributed by atoms with Crippen LogP contribution >= 0.6 is 15.9 Å². The molecular weight excluding hydrogens is 380 g/mol. The minimum atomic E-state index is 0.0192. The number of carbonyl (C=O) groups is 1. The number of halogens is 1. The Morgan fingerprint density at radius 1 is 1.08 bits per heavy atom. The molecule has 0 fully saturated rings. The Kier molecular flexibility index (Phi) is 5.09. The van der Waals surface area contributed by atoms with Gasteiger partial charge in [0.05, 0.1) is 0 Å². The Hall–Kier alpha value is -2.73. The molecule has 0 atom stereocenters. The molecule has 6 heteroatoms. The predicted molar refractivity (Wildman–Crippen MR) is 104 cm³/mol. The summed E-state index contributed by atoms with van der Waals surface area (Å²) in [5.41, 5.74) is 3.50. The molecule has 0 aliphatic carbocycles. The lowest BCUT2D eigenvalue weighted by Crippen LogP contribution is -2.02. The van der Waals surface area contributed by atoms with Gasteiger partial charge in [-0.2, -0.15) is 4.98 Å². The number of carbonyl (C=O) groups excluding carboxylic acids is 1. The van der Waals surface area contributed by atoms with Crippen molar-refractivity contribution in [3.05, 3.63) is 70.3 Å². The third kappa shape index (κ3) is 4.42. The standard InChI is InChI=1S/C19H17BrN4O/c1-12-10-15(20)6-7-17(12)23-18-8-9-21-19(24-18)22-16-5-3-4-14(11-16)13(2)25/h3-11H,1-2H3,(H2,21,22,23,24). The lowest BCUT2D eigenvalue weighted by atomic mass is 10.1. The number of ketones is 1. The molecule has 1 heterocycles. The summed E-state index contributed by atoms with van der Waals surface area (Å²) in [7, 11) is 0. The third-order valence-corrected chi connectivity index (χ3v) is 4.13. The molecule has 0 saturated heterocycles. The molecule has 3 rings (SSSR count). The van der Waals surface area contributed by atoms with Gasteiger partial charge in [0.1, 0.15) is 5.82 Å². The second-order valence-corrected chi connectivity index (χ2v) is 6.53. The van der Waals surface area contributed by atoms with Crippen LogP contribution in [-0.4, -0.2) is 15.8 Å². The Morgan fingerprint density at radius 2 is 1.92 bits per heavy atom. The highest BCUT2D eigenvalue weighted by molar-refractivity contribution is 9.10. The molecule has 25 heavy (non-hydrogen) atoms. The number of rotatable bonds is 5. The van der Waals surface area contributed by atoms with Crippen molar-refractivity contribution in [3.8, 4) is 0 Å². The summed E-state index contributed by atoms with van der Waals surface area (Å²) in [6, 6.07) is 15.1. The van der Waals surface area contributed by atoms with E-state index in [-0.39, 0.29) is 5.78 Å². The van der Waals surface area contributed by atoms with Gasteiger partial charge in [-0.15, -0.1) is 0 Å². The van der Waals surface area contributed by atoms with Crippen LogP contribution in [0.2, 0.25) is 0 Å². The predicted octanol–water partition coefficient (Wildman–Crippen LogP) is 5.24. The molecule has 3 aromatic rings.